The van der Waals surface area contributed by atoms with E-state index in [-0.39, 0.29) is 0 Å². The van der Waals surface area contributed by atoms with Gasteiger partial charge in [-0.05, 0) is 17.4 Å². The van der Waals surface area contributed by atoms with Gasteiger partial charge < -0.3 is 5.73 Å². The Hall–Kier alpha value is -1.29. The monoisotopic (exact) mass is 221 g/mol. The standard InChI is InChI=1S/C11H15N3S/c1-8(2)6-14-7-9(12)11(13-14)10-4-3-5-15-10/h3-5,7-8H,6,12H2,1-2H3. The lowest BCUT2D eigenvalue weighted by molar-refractivity contribution is 0.484. The zero-order chi connectivity index (χ0) is 10.8. The molecule has 2 N–H and O–H groups in total. The molecular formula is C11H15N3S. The van der Waals surface area contributed by atoms with E-state index >= 15 is 0 Å². The van der Waals surface area contributed by atoms with Gasteiger partial charge in [-0.15, -0.1) is 11.3 Å². The summed E-state index contributed by atoms with van der Waals surface area (Å²) < 4.78 is 1.93. The van der Waals surface area contributed by atoms with Crippen molar-refractivity contribution in [2.75, 3.05) is 5.73 Å². The zero-order valence-electron chi connectivity index (χ0n) is 8.97. The molecule has 0 amide bonds. The topological polar surface area (TPSA) is 43.8 Å². The van der Waals surface area contributed by atoms with Gasteiger partial charge in [0, 0.05) is 12.7 Å². The van der Waals surface area contributed by atoms with Crippen LogP contribution in [-0.2, 0) is 6.54 Å². The average Bonchev–Trinajstić information content (AvgIpc) is 2.72. The highest BCUT2D eigenvalue weighted by molar-refractivity contribution is 7.13. The summed E-state index contributed by atoms with van der Waals surface area (Å²) in [7, 11) is 0. The molecule has 2 aromatic heterocycles. The van der Waals surface area contributed by atoms with Crippen LogP contribution in [0, 0.1) is 5.92 Å². The summed E-state index contributed by atoms with van der Waals surface area (Å²) in [6, 6.07) is 4.06. The Labute approximate surface area is 93.5 Å². The van der Waals surface area contributed by atoms with Crippen LogP contribution in [0.1, 0.15) is 13.8 Å². The number of hydrogen-bond donors (Lipinski definition) is 1. The number of nitrogen functional groups attached to an aromatic ring is 1. The van der Waals surface area contributed by atoms with Crippen LogP contribution in [0.15, 0.2) is 23.7 Å². The summed E-state index contributed by atoms with van der Waals surface area (Å²) >= 11 is 1.67. The molecule has 0 aromatic carbocycles. The molecular weight excluding hydrogens is 206 g/mol. The summed E-state index contributed by atoms with van der Waals surface area (Å²) in [5.41, 5.74) is 7.60. The second-order valence-electron chi connectivity index (χ2n) is 4.03. The number of anilines is 1. The van der Waals surface area contributed by atoms with Crippen LogP contribution in [0.3, 0.4) is 0 Å². The molecule has 0 saturated heterocycles. The predicted octanol–water partition coefficient (Wildman–Crippen LogP) is 2.85. The van der Waals surface area contributed by atoms with Crippen molar-refractivity contribution in [1.29, 1.82) is 0 Å². The molecule has 4 heteroatoms. The lowest BCUT2D eigenvalue weighted by Crippen LogP contribution is -2.04. The fourth-order valence-corrected chi connectivity index (χ4v) is 2.24. The van der Waals surface area contributed by atoms with E-state index < -0.39 is 0 Å². The molecule has 15 heavy (non-hydrogen) atoms. The molecule has 2 heterocycles. The Kier molecular flexibility index (Phi) is 2.77. The van der Waals surface area contributed by atoms with Crippen LogP contribution in [0.5, 0.6) is 0 Å². The predicted molar refractivity (Wildman–Crippen MR) is 64.8 cm³/mol. The van der Waals surface area contributed by atoms with Gasteiger partial charge in [0.1, 0.15) is 5.69 Å². The van der Waals surface area contributed by atoms with Gasteiger partial charge in [0.2, 0.25) is 0 Å². The Balaban J connectivity index is 2.30. The molecule has 0 aliphatic heterocycles. The molecule has 0 bridgehead atoms. The lowest BCUT2D eigenvalue weighted by Gasteiger charge is -2.03. The quantitative estimate of drug-likeness (QED) is 0.866. The maximum atomic E-state index is 5.93. The van der Waals surface area contributed by atoms with Crippen LogP contribution < -0.4 is 5.73 Å². The Morgan fingerprint density at radius 1 is 1.53 bits per heavy atom. The first-order valence-electron chi connectivity index (χ1n) is 5.03. The van der Waals surface area contributed by atoms with Gasteiger partial charge in [0.25, 0.3) is 0 Å². The van der Waals surface area contributed by atoms with Gasteiger partial charge in [-0.25, -0.2) is 0 Å². The number of hydrogen-bond acceptors (Lipinski definition) is 3. The molecule has 80 valence electrons. The first kappa shape index (κ1) is 10.2. The second-order valence-corrected chi connectivity index (χ2v) is 4.97. The molecule has 0 radical (unpaired) electrons. The summed E-state index contributed by atoms with van der Waals surface area (Å²) in [4.78, 5) is 1.13. The molecule has 0 aliphatic rings. The molecule has 0 aliphatic carbocycles. The highest BCUT2D eigenvalue weighted by Crippen LogP contribution is 2.28. The molecule has 0 atom stereocenters. The van der Waals surface area contributed by atoms with Crippen molar-refractivity contribution in [3.8, 4) is 10.6 Å². The van der Waals surface area contributed by atoms with Crippen LogP contribution in [0.2, 0.25) is 0 Å². The van der Waals surface area contributed by atoms with E-state index in [4.69, 9.17) is 5.73 Å². The van der Waals surface area contributed by atoms with Crippen LogP contribution in [0.25, 0.3) is 10.6 Å². The van der Waals surface area contributed by atoms with Crippen molar-refractivity contribution >= 4 is 17.0 Å². The van der Waals surface area contributed by atoms with E-state index in [2.05, 4.69) is 18.9 Å². The largest absolute Gasteiger partial charge is 0.396 e. The van der Waals surface area contributed by atoms with Crippen LogP contribution in [-0.4, -0.2) is 9.78 Å². The maximum Gasteiger partial charge on any atom is 0.125 e. The second kappa shape index (κ2) is 4.06. The number of thiophene rings is 1. The van der Waals surface area contributed by atoms with Crippen molar-refractivity contribution in [3.63, 3.8) is 0 Å². The number of nitrogens with zero attached hydrogens (tertiary/aromatic N) is 2. The maximum absolute atomic E-state index is 5.93. The Morgan fingerprint density at radius 3 is 2.93 bits per heavy atom. The van der Waals surface area contributed by atoms with E-state index in [0.29, 0.717) is 5.92 Å². The van der Waals surface area contributed by atoms with Gasteiger partial charge >= 0.3 is 0 Å². The van der Waals surface area contributed by atoms with Gasteiger partial charge in [0.05, 0.1) is 10.6 Å². The fourth-order valence-electron chi connectivity index (χ4n) is 1.51. The summed E-state index contributed by atoms with van der Waals surface area (Å²) in [6.07, 6.45) is 1.91. The van der Waals surface area contributed by atoms with Crippen LogP contribution >= 0.6 is 11.3 Å². The van der Waals surface area contributed by atoms with Crippen molar-refractivity contribution in [3.05, 3.63) is 23.7 Å². The first-order valence-corrected chi connectivity index (χ1v) is 5.91. The summed E-state index contributed by atoms with van der Waals surface area (Å²) in [6.45, 7) is 5.25. The SMILES string of the molecule is CC(C)Cn1cc(N)c(-c2cccs2)n1. The van der Waals surface area contributed by atoms with Gasteiger partial charge in [-0.1, -0.05) is 19.9 Å². The number of nitrogens with two attached hydrogens (primary N) is 1. The minimum Gasteiger partial charge on any atom is -0.396 e. The minimum absolute atomic E-state index is 0.584. The first-order chi connectivity index (χ1) is 7.16. The summed E-state index contributed by atoms with van der Waals surface area (Å²) in [5, 5.41) is 6.53. The molecule has 0 unspecified atom stereocenters. The Morgan fingerprint density at radius 2 is 2.33 bits per heavy atom. The van der Waals surface area contributed by atoms with Crippen molar-refractivity contribution in [1.82, 2.24) is 9.78 Å². The average molecular weight is 221 g/mol. The highest BCUT2D eigenvalue weighted by Gasteiger charge is 2.09. The lowest BCUT2D eigenvalue weighted by atomic mass is 10.2. The van der Waals surface area contributed by atoms with Gasteiger partial charge in [-0.2, -0.15) is 5.10 Å². The van der Waals surface area contributed by atoms with Gasteiger partial charge in [-0.3, -0.25) is 4.68 Å². The molecule has 3 nitrogen and oxygen atoms in total. The van der Waals surface area contributed by atoms with E-state index in [9.17, 15) is 0 Å². The van der Waals surface area contributed by atoms with Crippen molar-refractivity contribution in [2.45, 2.75) is 20.4 Å². The zero-order valence-corrected chi connectivity index (χ0v) is 9.79. The summed E-state index contributed by atoms with van der Waals surface area (Å²) in [5.74, 6) is 0.584. The highest BCUT2D eigenvalue weighted by atomic mass is 32.1. The molecule has 2 rings (SSSR count). The van der Waals surface area contributed by atoms with Crippen molar-refractivity contribution in [2.24, 2.45) is 5.92 Å². The van der Waals surface area contributed by atoms with Crippen molar-refractivity contribution < 1.29 is 0 Å². The minimum atomic E-state index is 0.584. The van der Waals surface area contributed by atoms with E-state index in [0.717, 1.165) is 22.8 Å². The molecule has 0 spiro atoms. The number of aromatic nitrogens is 2. The van der Waals surface area contributed by atoms with Crippen LogP contribution in [0.4, 0.5) is 5.69 Å². The molecule has 0 fully saturated rings. The molecule has 0 saturated carbocycles. The van der Waals surface area contributed by atoms with E-state index in [1.54, 1.807) is 11.3 Å². The fraction of sp³-hybridized carbons (Fsp3) is 0.364. The third-order valence-electron chi connectivity index (χ3n) is 2.10. The Bertz CT molecular complexity index is 429. The third-order valence-corrected chi connectivity index (χ3v) is 2.97. The number of rotatable bonds is 3. The van der Waals surface area contributed by atoms with E-state index in [1.165, 1.54) is 0 Å². The van der Waals surface area contributed by atoms with E-state index in [1.807, 2.05) is 28.4 Å². The third kappa shape index (κ3) is 2.21. The smallest absolute Gasteiger partial charge is 0.125 e. The molecule has 2 aromatic rings. The van der Waals surface area contributed by atoms with Gasteiger partial charge in [0.15, 0.2) is 0 Å². The normalized spacial score (nSPS) is 11.1.